The lowest BCUT2D eigenvalue weighted by Crippen LogP contribution is -2.31. The number of carboxylic acids is 1. The highest BCUT2D eigenvalue weighted by Gasteiger charge is 2.13. The Bertz CT molecular complexity index is 440. The Labute approximate surface area is 120 Å². The monoisotopic (exact) mass is 277 g/mol. The van der Waals surface area contributed by atoms with Gasteiger partial charge in [-0.25, -0.2) is 0 Å². The quantitative estimate of drug-likeness (QED) is 0.794. The van der Waals surface area contributed by atoms with E-state index in [1.54, 1.807) is 0 Å². The average Bonchev–Trinajstić information content (AvgIpc) is 2.40. The summed E-state index contributed by atoms with van der Waals surface area (Å²) in [6.07, 6.45) is 1.66. The maximum atomic E-state index is 12.1. The average molecular weight is 277 g/mol. The molecule has 1 N–H and O–H groups in total. The van der Waals surface area contributed by atoms with Gasteiger partial charge in [0.2, 0.25) is 5.91 Å². The standard InChI is InChI=1S/C16H23NO3/c1-3-11-17(15(18)5-4-6-16(19)20)12-14-9-7-13(2)8-10-14/h7-10H,3-6,11-12H2,1-2H3,(H,19,20). The fourth-order valence-corrected chi connectivity index (χ4v) is 2.02. The molecule has 0 aliphatic carbocycles. The summed E-state index contributed by atoms with van der Waals surface area (Å²) in [5.41, 5.74) is 2.30. The van der Waals surface area contributed by atoms with Crippen LogP contribution < -0.4 is 0 Å². The molecule has 0 aliphatic rings. The zero-order chi connectivity index (χ0) is 15.0. The second-order valence-corrected chi connectivity index (χ2v) is 5.05. The number of carboxylic acid groups (broad SMARTS) is 1. The highest BCUT2D eigenvalue weighted by Crippen LogP contribution is 2.10. The molecule has 1 amide bonds. The summed E-state index contributed by atoms with van der Waals surface area (Å²) in [7, 11) is 0. The van der Waals surface area contributed by atoms with Gasteiger partial charge < -0.3 is 10.0 Å². The Morgan fingerprint density at radius 2 is 1.80 bits per heavy atom. The molecule has 4 heteroatoms. The zero-order valence-electron chi connectivity index (χ0n) is 12.3. The first-order chi connectivity index (χ1) is 9.52. The van der Waals surface area contributed by atoms with Gasteiger partial charge in [-0.05, 0) is 25.3 Å². The van der Waals surface area contributed by atoms with Gasteiger partial charge in [-0.15, -0.1) is 0 Å². The van der Waals surface area contributed by atoms with Crippen molar-refractivity contribution >= 4 is 11.9 Å². The van der Waals surface area contributed by atoms with E-state index in [-0.39, 0.29) is 12.3 Å². The Balaban J connectivity index is 2.56. The maximum absolute atomic E-state index is 12.1. The summed E-state index contributed by atoms with van der Waals surface area (Å²) in [6, 6.07) is 8.13. The van der Waals surface area contributed by atoms with Crippen LogP contribution in [0.1, 0.15) is 43.7 Å². The molecule has 0 atom stereocenters. The molecule has 110 valence electrons. The van der Waals surface area contributed by atoms with Crippen LogP contribution in [0.25, 0.3) is 0 Å². The van der Waals surface area contributed by atoms with Crippen molar-refractivity contribution in [2.75, 3.05) is 6.54 Å². The summed E-state index contributed by atoms with van der Waals surface area (Å²) in [6.45, 7) is 5.37. The predicted molar refractivity (Wildman–Crippen MR) is 78.4 cm³/mol. The van der Waals surface area contributed by atoms with E-state index < -0.39 is 5.97 Å². The largest absolute Gasteiger partial charge is 0.481 e. The number of carbonyl (C=O) groups is 2. The summed E-state index contributed by atoms with van der Waals surface area (Å²) in [5.74, 6) is -0.813. The molecule has 1 aromatic rings. The Morgan fingerprint density at radius 3 is 2.35 bits per heavy atom. The van der Waals surface area contributed by atoms with Crippen molar-refractivity contribution in [3.05, 3.63) is 35.4 Å². The molecule has 0 saturated heterocycles. The van der Waals surface area contributed by atoms with E-state index in [0.717, 1.165) is 12.0 Å². The van der Waals surface area contributed by atoms with Crippen molar-refractivity contribution in [3.8, 4) is 0 Å². The van der Waals surface area contributed by atoms with E-state index in [9.17, 15) is 9.59 Å². The minimum atomic E-state index is -0.849. The SMILES string of the molecule is CCCN(Cc1ccc(C)cc1)C(=O)CCCC(=O)O. The highest BCUT2D eigenvalue weighted by molar-refractivity contribution is 5.77. The van der Waals surface area contributed by atoms with Gasteiger partial charge in [-0.2, -0.15) is 0 Å². The fourth-order valence-electron chi connectivity index (χ4n) is 2.02. The molecule has 0 aromatic heterocycles. The lowest BCUT2D eigenvalue weighted by molar-refractivity contribution is -0.137. The van der Waals surface area contributed by atoms with Crippen molar-refractivity contribution in [2.24, 2.45) is 0 Å². The van der Waals surface area contributed by atoms with Crippen LogP contribution in [0.5, 0.6) is 0 Å². The van der Waals surface area contributed by atoms with Crippen molar-refractivity contribution < 1.29 is 14.7 Å². The fraction of sp³-hybridized carbons (Fsp3) is 0.500. The van der Waals surface area contributed by atoms with Crippen molar-refractivity contribution in [2.45, 2.75) is 46.1 Å². The number of amides is 1. The van der Waals surface area contributed by atoms with Gasteiger partial charge in [0, 0.05) is 25.9 Å². The van der Waals surface area contributed by atoms with Crippen LogP contribution in [0.3, 0.4) is 0 Å². The molecule has 0 spiro atoms. The first kappa shape index (κ1) is 16.2. The lowest BCUT2D eigenvalue weighted by atomic mass is 10.1. The van der Waals surface area contributed by atoms with E-state index in [0.29, 0.717) is 25.9 Å². The van der Waals surface area contributed by atoms with E-state index in [1.165, 1.54) is 5.56 Å². The minimum absolute atomic E-state index is 0.0358. The predicted octanol–water partition coefficient (Wildman–Crippen LogP) is 2.99. The molecular formula is C16H23NO3. The molecule has 1 rings (SSSR count). The molecule has 0 heterocycles. The second kappa shape index (κ2) is 8.35. The molecular weight excluding hydrogens is 254 g/mol. The molecule has 4 nitrogen and oxygen atoms in total. The van der Waals surface area contributed by atoms with Crippen LogP contribution in [0.2, 0.25) is 0 Å². The lowest BCUT2D eigenvalue weighted by Gasteiger charge is -2.22. The summed E-state index contributed by atoms with van der Waals surface area (Å²) >= 11 is 0. The van der Waals surface area contributed by atoms with Gasteiger partial charge in [-0.1, -0.05) is 36.8 Å². The van der Waals surface area contributed by atoms with E-state index >= 15 is 0 Å². The van der Waals surface area contributed by atoms with E-state index in [2.05, 4.69) is 0 Å². The molecule has 0 radical (unpaired) electrons. The Morgan fingerprint density at radius 1 is 1.15 bits per heavy atom. The van der Waals surface area contributed by atoms with Crippen LogP contribution in [-0.4, -0.2) is 28.4 Å². The molecule has 20 heavy (non-hydrogen) atoms. The highest BCUT2D eigenvalue weighted by atomic mass is 16.4. The number of hydrogen-bond donors (Lipinski definition) is 1. The Kier molecular flexibility index (Phi) is 6.77. The number of benzene rings is 1. The number of aliphatic carboxylic acids is 1. The summed E-state index contributed by atoms with van der Waals surface area (Å²) in [4.78, 5) is 24.4. The van der Waals surface area contributed by atoms with Crippen molar-refractivity contribution in [1.29, 1.82) is 0 Å². The first-order valence-corrected chi connectivity index (χ1v) is 7.08. The van der Waals surface area contributed by atoms with Gasteiger partial charge in [0.15, 0.2) is 0 Å². The summed E-state index contributed by atoms with van der Waals surface area (Å²) in [5, 5.41) is 8.60. The third-order valence-corrected chi connectivity index (χ3v) is 3.12. The first-order valence-electron chi connectivity index (χ1n) is 7.08. The molecule has 0 saturated carbocycles. The van der Waals surface area contributed by atoms with Crippen LogP contribution in [0.4, 0.5) is 0 Å². The number of rotatable bonds is 8. The normalized spacial score (nSPS) is 10.3. The van der Waals surface area contributed by atoms with Gasteiger partial charge in [-0.3, -0.25) is 9.59 Å². The van der Waals surface area contributed by atoms with Crippen molar-refractivity contribution in [1.82, 2.24) is 4.90 Å². The van der Waals surface area contributed by atoms with Crippen LogP contribution in [0, 0.1) is 6.92 Å². The summed E-state index contributed by atoms with van der Waals surface area (Å²) < 4.78 is 0. The van der Waals surface area contributed by atoms with Crippen LogP contribution >= 0.6 is 0 Å². The van der Waals surface area contributed by atoms with Gasteiger partial charge in [0.05, 0.1) is 0 Å². The zero-order valence-corrected chi connectivity index (χ0v) is 12.3. The molecule has 0 aliphatic heterocycles. The minimum Gasteiger partial charge on any atom is -0.481 e. The smallest absolute Gasteiger partial charge is 0.303 e. The van der Waals surface area contributed by atoms with Gasteiger partial charge >= 0.3 is 5.97 Å². The number of aryl methyl sites for hydroxylation is 1. The number of hydrogen-bond acceptors (Lipinski definition) is 2. The molecule has 0 fully saturated rings. The van der Waals surface area contributed by atoms with E-state index in [1.807, 2.05) is 43.0 Å². The number of nitrogens with zero attached hydrogens (tertiary/aromatic N) is 1. The van der Waals surface area contributed by atoms with Gasteiger partial charge in [0.1, 0.15) is 0 Å². The number of carbonyl (C=O) groups excluding carboxylic acids is 1. The van der Waals surface area contributed by atoms with Crippen LogP contribution in [-0.2, 0) is 16.1 Å². The Hall–Kier alpha value is -1.84. The van der Waals surface area contributed by atoms with E-state index in [4.69, 9.17) is 5.11 Å². The third kappa shape index (κ3) is 5.87. The third-order valence-electron chi connectivity index (χ3n) is 3.12. The van der Waals surface area contributed by atoms with Gasteiger partial charge in [0.25, 0.3) is 0 Å². The van der Waals surface area contributed by atoms with Crippen molar-refractivity contribution in [3.63, 3.8) is 0 Å². The molecule has 0 unspecified atom stereocenters. The topological polar surface area (TPSA) is 57.6 Å². The van der Waals surface area contributed by atoms with Crippen LogP contribution in [0.15, 0.2) is 24.3 Å². The molecule has 0 bridgehead atoms. The second-order valence-electron chi connectivity index (χ2n) is 5.05. The molecule has 1 aromatic carbocycles. The maximum Gasteiger partial charge on any atom is 0.303 e.